The van der Waals surface area contributed by atoms with Crippen LogP contribution in [-0.2, 0) is 14.3 Å². The summed E-state index contributed by atoms with van der Waals surface area (Å²) in [7, 11) is 1.61. The molecule has 0 aromatic heterocycles. The molecular weight excluding hydrogens is 192 g/mol. The lowest BCUT2D eigenvalue weighted by atomic mass is 9.79. The average molecular weight is 210 g/mol. The van der Waals surface area contributed by atoms with Gasteiger partial charge in [0.1, 0.15) is 17.6 Å². The summed E-state index contributed by atoms with van der Waals surface area (Å²) in [5.41, 5.74) is 0.382. The van der Waals surface area contributed by atoms with E-state index in [1.165, 1.54) is 0 Å². The van der Waals surface area contributed by atoms with E-state index in [9.17, 15) is 4.79 Å². The molecule has 2 atom stereocenters. The Morgan fingerprint density at radius 1 is 1.60 bits per heavy atom. The number of hydrogen-bond acceptors (Lipinski definition) is 3. The Kier molecular flexibility index (Phi) is 3.69. The molecule has 0 aliphatic heterocycles. The maximum absolute atomic E-state index is 10.9. The Morgan fingerprint density at radius 3 is 2.73 bits per heavy atom. The van der Waals surface area contributed by atoms with Gasteiger partial charge in [-0.25, -0.2) is 0 Å². The highest BCUT2D eigenvalue weighted by atomic mass is 16.5. The third-order valence-electron chi connectivity index (χ3n) is 3.08. The van der Waals surface area contributed by atoms with Gasteiger partial charge >= 0.3 is 0 Å². The molecule has 0 saturated heterocycles. The molecule has 0 heterocycles. The first-order valence-electron chi connectivity index (χ1n) is 5.13. The molecule has 0 aromatic carbocycles. The molecule has 15 heavy (non-hydrogen) atoms. The van der Waals surface area contributed by atoms with E-state index in [0.29, 0.717) is 6.61 Å². The van der Waals surface area contributed by atoms with Crippen molar-refractivity contribution in [2.45, 2.75) is 26.4 Å². The topological polar surface area (TPSA) is 35.5 Å². The van der Waals surface area contributed by atoms with Gasteiger partial charge in [-0.05, 0) is 26.8 Å². The van der Waals surface area contributed by atoms with Crippen LogP contribution in [-0.4, -0.2) is 25.6 Å². The van der Waals surface area contributed by atoms with Crippen LogP contribution in [0.5, 0.6) is 0 Å². The molecule has 1 rings (SSSR count). The van der Waals surface area contributed by atoms with Crippen molar-refractivity contribution in [2.24, 2.45) is 5.92 Å². The first kappa shape index (κ1) is 12.0. The molecular formula is C12H18O3. The fourth-order valence-electron chi connectivity index (χ4n) is 1.77. The molecule has 0 bridgehead atoms. The number of carbonyl (C=O) groups is 1. The van der Waals surface area contributed by atoms with Gasteiger partial charge in [0.15, 0.2) is 0 Å². The molecule has 0 fully saturated rings. The van der Waals surface area contributed by atoms with Gasteiger partial charge in [0, 0.05) is 12.7 Å². The summed E-state index contributed by atoms with van der Waals surface area (Å²) in [4.78, 5) is 10.9. The summed E-state index contributed by atoms with van der Waals surface area (Å²) >= 11 is 0. The number of ether oxygens (including phenoxy) is 2. The number of rotatable bonds is 4. The van der Waals surface area contributed by atoms with Crippen LogP contribution in [0.15, 0.2) is 23.5 Å². The van der Waals surface area contributed by atoms with E-state index in [1.54, 1.807) is 7.11 Å². The van der Waals surface area contributed by atoms with Crippen molar-refractivity contribution in [3.8, 4) is 0 Å². The fraction of sp³-hybridized carbons (Fsp3) is 0.583. The molecule has 0 amide bonds. The summed E-state index contributed by atoms with van der Waals surface area (Å²) in [6, 6.07) is 0. The van der Waals surface area contributed by atoms with Crippen LogP contribution in [0.1, 0.15) is 20.8 Å². The smallest absolute Gasteiger partial charge is 0.130 e. The summed E-state index contributed by atoms with van der Waals surface area (Å²) in [5, 5.41) is 0. The van der Waals surface area contributed by atoms with E-state index in [-0.39, 0.29) is 5.92 Å². The highest BCUT2D eigenvalue weighted by molar-refractivity contribution is 5.62. The molecule has 0 radical (unpaired) electrons. The molecule has 0 N–H and O–H groups in total. The first-order valence-corrected chi connectivity index (χ1v) is 5.13. The Balaban J connectivity index is 3.08. The van der Waals surface area contributed by atoms with E-state index in [1.807, 2.05) is 32.9 Å². The van der Waals surface area contributed by atoms with Gasteiger partial charge in [-0.3, -0.25) is 0 Å². The van der Waals surface area contributed by atoms with Crippen LogP contribution in [0.25, 0.3) is 0 Å². The van der Waals surface area contributed by atoms with Crippen molar-refractivity contribution >= 4 is 6.29 Å². The van der Waals surface area contributed by atoms with Crippen molar-refractivity contribution in [2.75, 3.05) is 13.7 Å². The van der Waals surface area contributed by atoms with Crippen LogP contribution < -0.4 is 0 Å². The maximum atomic E-state index is 10.9. The van der Waals surface area contributed by atoms with E-state index in [4.69, 9.17) is 9.47 Å². The van der Waals surface area contributed by atoms with E-state index >= 15 is 0 Å². The van der Waals surface area contributed by atoms with Crippen molar-refractivity contribution < 1.29 is 14.3 Å². The summed E-state index contributed by atoms with van der Waals surface area (Å²) < 4.78 is 10.9. The predicted octanol–water partition coefficient (Wildman–Crippen LogP) is 2.09. The number of allylic oxidation sites excluding steroid dienone is 1. The molecule has 84 valence electrons. The van der Waals surface area contributed by atoms with Gasteiger partial charge < -0.3 is 14.3 Å². The number of aldehydes is 1. The predicted molar refractivity (Wildman–Crippen MR) is 58.4 cm³/mol. The summed E-state index contributed by atoms with van der Waals surface area (Å²) in [6.45, 7) is 6.39. The zero-order valence-electron chi connectivity index (χ0n) is 9.74. The second-order valence-corrected chi connectivity index (χ2v) is 3.75. The van der Waals surface area contributed by atoms with Crippen LogP contribution >= 0.6 is 0 Å². The van der Waals surface area contributed by atoms with Crippen LogP contribution in [0.4, 0.5) is 0 Å². The molecule has 3 nitrogen and oxygen atoms in total. The second-order valence-electron chi connectivity index (χ2n) is 3.75. The minimum Gasteiger partial charge on any atom is -0.494 e. The lowest BCUT2D eigenvalue weighted by Gasteiger charge is -2.36. The Morgan fingerprint density at radius 2 is 2.27 bits per heavy atom. The Bertz CT molecular complexity index is 304. The molecule has 3 heteroatoms. The molecule has 0 spiro atoms. The molecule has 1 aliphatic rings. The van der Waals surface area contributed by atoms with Crippen LogP contribution in [0.3, 0.4) is 0 Å². The fourth-order valence-corrected chi connectivity index (χ4v) is 1.77. The third kappa shape index (κ3) is 1.97. The minimum atomic E-state index is -0.582. The zero-order chi connectivity index (χ0) is 11.5. The SMILES string of the molecule is CCOC1=C(C)C(C)(OC)C(C=O)C=C1. The van der Waals surface area contributed by atoms with Gasteiger partial charge in [-0.15, -0.1) is 0 Å². The van der Waals surface area contributed by atoms with E-state index in [0.717, 1.165) is 17.6 Å². The number of hydrogen-bond donors (Lipinski definition) is 0. The number of methoxy groups -OCH3 is 1. The quantitative estimate of drug-likeness (QED) is 0.666. The first-order chi connectivity index (χ1) is 7.10. The monoisotopic (exact) mass is 210 g/mol. The molecule has 0 aromatic rings. The van der Waals surface area contributed by atoms with Crippen LogP contribution in [0, 0.1) is 5.92 Å². The Labute approximate surface area is 90.8 Å². The van der Waals surface area contributed by atoms with Gasteiger partial charge in [-0.1, -0.05) is 6.08 Å². The van der Waals surface area contributed by atoms with E-state index in [2.05, 4.69) is 0 Å². The second kappa shape index (κ2) is 4.62. The third-order valence-corrected chi connectivity index (χ3v) is 3.08. The Hall–Kier alpha value is -1.09. The van der Waals surface area contributed by atoms with E-state index < -0.39 is 5.60 Å². The van der Waals surface area contributed by atoms with Crippen molar-refractivity contribution in [1.82, 2.24) is 0 Å². The average Bonchev–Trinajstić information content (AvgIpc) is 2.25. The maximum Gasteiger partial charge on any atom is 0.130 e. The summed E-state index contributed by atoms with van der Waals surface area (Å²) in [6.07, 6.45) is 4.58. The van der Waals surface area contributed by atoms with Crippen molar-refractivity contribution in [3.63, 3.8) is 0 Å². The van der Waals surface area contributed by atoms with Crippen molar-refractivity contribution in [3.05, 3.63) is 23.5 Å². The van der Waals surface area contributed by atoms with Crippen LogP contribution in [0.2, 0.25) is 0 Å². The highest BCUT2D eigenvalue weighted by Gasteiger charge is 2.38. The highest BCUT2D eigenvalue weighted by Crippen LogP contribution is 2.35. The normalized spacial score (nSPS) is 30.5. The van der Waals surface area contributed by atoms with Gasteiger partial charge in [0.25, 0.3) is 0 Å². The molecule has 2 unspecified atom stereocenters. The standard InChI is InChI=1S/C12H18O3/c1-5-15-11-7-6-10(8-13)12(3,14-4)9(11)2/h6-8,10H,5H2,1-4H3. The van der Waals surface area contributed by atoms with Crippen molar-refractivity contribution in [1.29, 1.82) is 0 Å². The lowest BCUT2D eigenvalue weighted by Crippen LogP contribution is -2.40. The molecule has 0 saturated carbocycles. The minimum absolute atomic E-state index is 0.244. The van der Waals surface area contributed by atoms with Gasteiger partial charge in [0.05, 0.1) is 12.5 Å². The largest absolute Gasteiger partial charge is 0.494 e. The zero-order valence-corrected chi connectivity index (χ0v) is 9.74. The number of carbonyl (C=O) groups excluding carboxylic acids is 1. The van der Waals surface area contributed by atoms with Gasteiger partial charge in [-0.2, -0.15) is 0 Å². The van der Waals surface area contributed by atoms with Gasteiger partial charge in [0.2, 0.25) is 0 Å². The molecule has 1 aliphatic carbocycles. The lowest BCUT2D eigenvalue weighted by molar-refractivity contribution is -0.116. The summed E-state index contributed by atoms with van der Waals surface area (Å²) in [5.74, 6) is 0.562.